The van der Waals surface area contributed by atoms with Gasteiger partial charge in [0.25, 0.3) is 0 Å². The van der Waals surface area contributed by atoms with Gasteiger partial charge in [0.05, 0.1) is 19.2 Å². The highest BCUT2D eigenvalue weighted by atomic mass is 32.1. The molecule has 1 aromatic heterocycles. The number of carbonyl (C=O) groups excluding carboxylic acids is 3. The summed E-state index contributed by atoms with van der Waals surface area (Å²) in [7, 11) is 1.45. The molecule has 0 fully saturated rings. The van der Waals surface area contributed by atoms with Crippen LogP contribution in [0.25, 0.3) is 0 Å². The zero-order valence-corrected chi connectivity index (χ0v) is 20.3. The number of aryl methyl sites for hydroxylation is 2. The van der Waals surface area contributed by atoms with E-state index in [0.717, 1.165) is 16.8 Å². The maximum absolute atomic E-state index is 12.4. The zero-order chi connectivity index (χ0) is 24.7. The van der Waals surface area contributed by atoms with Crippen LogP contribution in [0.15, 0.2) is 41.8 Å². The number of anilines is 1. The maximum atomic E-state index is 12.4. The second-order valence-corrected chi connectivity index (χ2v) is 8.59. The molecule has 0 saturated heterocycles. The minimum atomic E-state index is -0.583. The molecule has 178 valence electrons. The van der Waals surface area contributed by atoms with Gasteiger partial charge in [0.15, 0.2) is 23.9 Å². The number of methoxy groups -OCH3 is 1. The van der Waals surface area contributed by atoms with Gasteiger partial charge in [-0.3, -0.25) is 9.59 Å². The summed E-state index contributed by atoms with van der Waals surface area (Å²) in [5.41, 5.74) is 3.86. The van der Waals surface area contributed by atoms with Crippen molar-refractivity contribution in [3.63, 3.8) is 0 Å². The summed E-state index contributed by atoms with van der Waals surface area (Å²) >= 11 is 1.33. The fourth-order valence-electron chi connectivity index (χ4n) is 3.04. The van der Waals surface area contributed by atoms with Crippen molar-refractivity contribution in [2.24, 2.45) is 0 Å². The Bertz CT molecular complexity index is 1200. The Kier molecular flexibility index (Phi) is 8.37. The lowest BCUT2D eigenvalue weighted by Gasteiger charge is -2.11. The average molecular weight is 483 g/mol. The highest BCUT2D eigenvalue weighted by Gasteiger charge is 2.13. The topological polar surface area (TPSA) is 104 Å². The first kappa shape index (κ1) is 24.9. The number of hydrogen-bond acceptors (Lipinski definition) is 8. The van der Waals surface area contributed by atoms with Gasteiger partial charge in [-0.05, 0) is 56.2 Å². The molecule has 1 amide bonds. The van der Waals surface area contributed by atoms with Crippen LogP contribution in [0.2, 0.25) is 0 Å². The summed E-state index contributed by atoms with van der Waals surface area (Å²) < 4.78 is 15.9. The molecular formula is C25H26N2O6S. The summed E-state index contributed by atoms with van der Waals surface area (Å²) in [6.07, 6.45) is 0.130. The number of carbonyl (C=O) groups is 3. The van der Waals surface area contributed by atoms with Crippen LogP contribution < -0.4 is 14.8 Å². The van der Waals surface area contributed by atoms with Crippen molar-refractivity contribution < 1.29 is 28.6 Å². The second kappa shape index (κ2) is 11.4. The van der Waals surface area contributed by atoms with Gasteiger partial charge in [0.2, 0.25) is 5.91 Å². The molecule has 0 aliphatic rings. The summed E-state index contributed by atoms with van der Waals surface area (Å²) in [4.78, 5) is 40.3. The number of Topliss-reactive ketones (excluding diaryl/α,β-unsaturated/α-hetero) is 1. The first-order valence-corrected chi connectivity index (χ1v) is 11.4. The molecule has 1 heterocycles. The third kappa shape index (κ3) is 6.89. The van der Waals surface area contributed by atoms with Gasteiger partial charge in [-0.2, -0.15) is 0 Å². The first-order valence-electron chi connectivity index (χ1n) is 10.5. The van der Waals surface area contributed by atoms with Crippen LogP contribution >= 0.6 is 11.3 Å². The Morgan fingerprint density at radius 2 is 1.85 bits per heavy atom. The SMILES string of the molecule is COc1cc(C(C)=O)ccc1OCC(=O)OCc1csc(CC(=O)Nc2cc(C)ccc2C)n1. The number of hydrogen-bond donors (Lipinski definition) is 1. The predicted octanol–water partition coefficient (Wildman–Crippen LogP) is 4.27. The van der Waals surface area contributed by atoms with Gasteiger partial charge in [0.1, 0.15) is 11.6 Å². The highest BCUT2D eigenvalue weighted by molar-refractivity contribution is 7.09. The second-order valence-electron chi connectivity index (χ2n) is 7.65. The van der Waals surface area contributed by atoms with E-state index in [-0.39, 0.29) is 31.3 Å². The van der Waals surface area contributed by atoms with E-state index in [0.29, 0.717) is 27.8 Å². The third-order valence-electron chi connectivity index (χ3n) is 4.87. The fraction of sp³-hybridized carbons (Fsp3) is 0.280. The molecule has 2 aromatic carbocycles. The molecule has 0 aliphatic heterocycles. The van der Waals surface area contributed by atoms with Gasteiger partial charge < -0.3 is 19.5 Å². The van der Waals surface area contributed by atoms with E-state index in [1.807, 2.05) is 32.0 Å². The number of thiazole rings is 1. The van der Waals surface area contributed by atoms with E-state index >= 15 is 0 Å². The van der Waals surface area contributed by atoms with Gasteiger partial charge in [-0.1, -0.05) is 12.1 Å². The lowest BCUT2D eigenvalue weighted by atomic mass is 10.1. The average Bonchev–Trinajstić information content (AvgIpc) is 3.25. The monoisotopic (exact) mass is 482 g/mol. The van der Waals surface area contributed by atoms with E-state index in [9.17, 15) is 14.4 Å². The Balaban J connectivity index is 1.47. The number of ketones is 1. The number of benzene rings is 2. The molecule has 0 saturated carbocycles. The number of nitrogens with one attached hydrogen (secondary N) is 1. The Morgan fingerprint density at radius 1 is 1.06 bits per heavy atom. The Labute approximate surface area is 201 Å². The molecule has 0 aliphatic carbocycles. The summed E-state index contributed by atoms with van der Waals surface area (Å²) in [6.45, 7) is 5.00. The number of amides is 1. The Morgan fingerprint density at radius 3 is 2.59 bits per heavy atom. The van der Waals surface area contributed by atoms with Crippen LogP contribution in [0.3, 0.4) is 0 Å². The molecule has 8 nitrogen and oxygen atoms in total. The highest BCUT2D eigenvalue weighted by Crippen LogP contribution is 2.28. The van der Waals surface area contributed by atoms with E-state index in [1.54, 1.807) is 23.6 Å². The van der Waals surface area contributed by atoms with Gasteiger partial charge in [-0.25, -0.2) is 9.78 Å². The molecule has 0 radical (unpaired) electrons. The van der Waals surface area contributed by atoms with Crippen molar-refractivity contribution in [1.82, 2.24) is 4.98 Å². The van der Waals surface area contributed by atoms with Crippen molar-refractivity contribution >= 4 is 34.7 Å². The summed E-state index contributed by atoms with van der Waals surface area (Å²) in [6, 6.07) is 10.6. The maximum Gasteiger partial charge on any atom is 0.344 e. The molecule has 0 unspecified atom stereocenters. The van der Waals surface area contributed by atoms with Crippen LogP contribution in [0.4, 0.5) is 5.69 Å². The fourth-order valence-corrected chi connectivity index (χ4v) is 3.81. The van der Waals surface area contributed by atoms with Gasteiger partial charge in [0, 0.05) is 16.6 Å². The van der Waals surface area contributed by atoms with E-state index in [4.69, 9.17) is 14.2 Å². The van der Waals surface area contributed by atoms with Crippen molar-refractivity contribution in [2.45, 2.75) is 33.8 Å². The van der Waals surface area contributed by atoms with Crippen molar-refractivity contribution in [3.8, 4) is 11.5 Å². The van der Waals surface area contributed by atoms with Crippen LogP contribution in [-0.4, -0.2) is 36.4 Å². The lowest BCUT2D eigenvalue weighted by Crippen LogP contribution is -2.16. The number of rotatable bonds is 10. The van der Waals surface area contributed by atoms with Crippen molar-refractivity contribution in [3.05, 3.63) is 69.2 Å². The van der Waals surface area contributed by atoms with E-state index in [2.05, 4.69) is 10.3 Å². The van der Waals surface area contributed by atoms with Crippen molar-refractivity contribution in [1.29, 1.82) is 0 Å². The quantitative estimate of drug-likeness (QED) is 0.340. The molecule has 34 heavy (non-hydrogen) atoms. The van der Waals surface area contributed by atoms with E-state index < -0.39 is 5.97 Å². The molecule has 0 atom stereocenters. The zero-order valence-electron chi connectivity index (χ0n) is 19.5. The van der Waals surface area contributed by atoms with Crippen LogP contribution in [-0.2, 0) is 27.4 Å². The molecule has 3 rings (SSSR count). The van der Waals surface area contributed by atoms with Crippen LogP contribution in [0, 0.1) is 13.8 Å². The molecule has 1 N–H and O–H groups in total. The molecule has 0 spiro atoms. The number of ether oxygens (including phenoxy) is 3. The molecular weight excluding hydrogens is 456 g/mol. The minimum absolute atomic E-state index is 0.0300. The summed E-state index contributed by atoms with van der Waals surface area (Å²) in [5.74, 6) is -0.168. The van der Waals surface area contributed by atoms with E-state index in [1.165, 1.54) is 25.4 Å². The van der Waals surface area contributed by atoms with Crippen molar-refractivity contribution in [2.75, 3.05) is 19.0 Å². The standard InChI is InChI=1S/C25H26N2O6S/c1-15-5-6-16(2)20(9-15)27-23(29)11-24-26-19(14-34-24)12-33-25(30)13-32-21-8-7-18(17(3)28)10-22(21)31-4/h5-10,14H,11-13H2,1-4H3,(H,27,29). The smallest absolute Gasteiger partial charge is 0.344 e. The number of esters is 1. The molecule has 9 heteroatoms. The number of aromatic nitrogens is 1. The van der Waals surface area contributed by atoms with Gasteiger partial charge >= 0.3 is 5.97 Å². The third-order valence-corrected chi connectivity index (χ3v) is 5.77. The predicted molar refractivity (Wildman–Crippen MR) is 129 cm³/mol. The normalized spacial score (nSPS) is 10.5. The molecule has 0 bridgehead atoms. The summed E-state index contributed by atoms with van der Waals surface area (Å²) in [5, 5.41) is 5.28. The van der Waals surface area contributed by atoms with Gasteiger partial charge in [-0.15, -0.1) is 11.3 Å². The van der Waals surface area contributed by atoms with Crippen LogP contribution in [0.5, 0.6) is 11.5 Å². The molecule has 3 aromatic rings. The van der Waals surface area contributed by atoms with Crippen LogP contribution in [0.1, 0.15) is 39.1 Å². The number of nitrogens with zero attached hydrogens (tertiary/aromatic N) is 1. The first-order chi connectivity index (χ1) is 16.2. The lowest BCUT2D eigenvalue weighted by molar-refractivity contribution is -0.147. The largest absolute Gasteiger partial charge is 0.493 e. The Hall–Kier alpha value is -3.72. The minimum Gasteiger partial charge on any atom is -0.493 e.